The summed E-state index contributed by atoms with van der Waals surface area (Å²) >= 11 is 0. The van der Waals surface area contributed by atoms with E-state index in [9.17, 15) is 0 Å². The Labute approximate surface area is 634 Å². The van der Waals surface area contributed by atoms with Gasteiger partial charge in [0, 0.05) is 61.3 Å². The second-order valence-corrected chi connectivity index (χ2v) is 32.7. The Morgan fingerprint density at radius 2 is 0.620 bits per heavy atom. The van der Waals surface area contributed by atoms with Gasteiger partial charge in [-0.25, -0.2) is 0 Å². The molecule has 0 atom stereocenters. The number of hydrogen-bond donors (Lipinski definition) is 0. The lowest BCUT2D eigenvalue weighted by molar-refractivity contribution is 0.590. The first-order chi connectivity index (χ1) is 52.5. The van der Waals surface area contributed by atoms with E-state index in [-0.39, 0.29) is 23.0 Å². The van der Waals surface area contributed by atoms with E-state index in [1.807, 2.05) is 0 Å². The van der Waals surface area contributed by atoms with E-state index in [0.717, 1.165) is 112 Å². The van der Waals surface area contributed by atoms with Crippen molar-refractivity contribution in [3.05, 3.63) is 356 Å². The molecule has 0 aliphatic carbocycles. The van der Waals surface area contributed by atoms with E-state index < -0.39 is 0 Å². The molecule has 0 fully saturated rings. The summed E-state index contributed by atoms with van der Waals surface area (Å²) in [5, 5.41) is 7.10. The van der Waals surface area contributed by atoms with Gasteiger partial charge in [-0.05, 0) is 193 Å². The maximum absolute atomic E-state index is 7.02. The number of para-hydroxylation sites is 2. The Kier molecular flexibility index (Phi) is 15.7. The topological polar surface area (TPSA) is 19.6 Å². The number of benzene rings is 16. The van der Waals surface area contributed by atoms with Crippen LogP contribution in [0.5, 0.6) is 0 Å². The maximum Gasteiger partial charge on any atom is 0.252 e. The molecule has 16 aromatic carbocycles. The van der Waals surface area contributed by atoms with Crippen molar-refractivity contribution in [1.82, 2.24) is 0 Å². The van der Waals surface area contributed by atoms with Crippen LogP contribution in [0.4, 0.5) is 34.1 Å². The van der Waals surface area contributed by atoms with Crippen molar-refractivity contribution in [3.8, 4) is 89.0 Å². The molecule has 0 amide bonds. The third-order valence-corrected chi connectivity index (χ3v) is 22.9. The average Bonchev–Trinajstić information content (AvgIpc) is 0.735. The summed E-state index contributed by atoms with van der Waals surface area (Å²) in [6, 6.07) is 128. The normalized spacial score (nSPS) is 12.8. The molecule has 518 valence electrons. The van der Waals surface area contributed by atoms with Gasteiger partial charge in [0.1, 0.15) is 11.2 Å². The van der Waals surface area contributed by atoms with E-state index in [4.69, 9.17) is 4.42 Å². The molecule has 0 unspecified atom stereocenters. The highest BCUT2D eigenvalue weighted by atomic mass is 16.3. The average molecular weight is 1390 g/mol. The smallest absolute Gasteiger partial charge is 0.252 e. The maximum atomic E-state index is 7.02. The fraction of sp³-hybridized carbons (Fsp3) is 0.115. The van der Waals surface area contributed by atoms with Gasteiger partial charge >= 0.3 is 0 Å². The molecule has 17 aromatic rings. The van der Waals surface area contributed by atoms with Crippen LogP contribution in [0.25, 0.3) is 132 Å². The molecule has 0 saturated carbocycles. The Bertz CT molecular complexity index is 6280. The first kappa shape index (κ1) is 66.2. The number of anilines is 6. The molecule has 2 aliphatic rings. The van der Waals surface area contributed by atoms with E-state index in [2.05, 4.69) is 412 Å². The molecule has 0 spiro atoms. The number of rotatable bonds is 10. The van der Waals surface area contributed by atoms with Gasteiger partial charge in [-0.2, -0.15) is 0 Å². The first-order valence-electron chi connectivity index (χ1n) is 38.2. The van der Waals surface area contributed by atoms with Gasteiger partial charge in [-0.1, -0.05) is 341 Å². The quantitative estimate of drug-likeness (QED) is 0.100. The van der Waals surface area contributed by atoms with Crippen molar-refractivity contribution >= 4 is 101 Å². The molecule has 1 aromatic heterocycles. The van der Waals surface area contributed by atoms with Gasteiger partial charge in [-0.15, -0.1) is 0 Å². The van der Waals surface area contributed by atoms with Crippen LogP contribution >= 0.6 is 0 Å². The largest absolute Gasteiger partial charge is 0.455 e. The van der Waals surface area contributed by atoms with Crippen LogP contribution in [-0.2, 0) is 16.2 Å². The molecule has 2 aliphatic heterocycles. The number of furan rings is 1. The summed E-state index contributed by atoms with van der Waals surface area (Å²) in [7, 11) is 0. The second-order valence-electron chi connectivity index (χ2n) is 32.7. The van der Waals surface area contributed by atoms with E-state index in [1.54, 1.807) is 0 Å². The molecule has 0 bridgehead atoms. The van der Waals surface area contributed by atoms with Crippen LogP contribution in [0.2, 0.25) is 0 Å². The number of nitrogens with zero attached hydrogens (tertiary/aromatic N) is 2. The van der Waals surface area contributed by atoms with Crippen molar-refractivity contribution in [3.63, 3.8) is 0 Å². The van der Waals surface area contributed by atoms with E-state index in [0.29, 0.717) is 0 Å². The zero-order valence-electron chi connectivity index (χ0n) is 62.7. The van der Waals surface area contributed by atoms with Gasteiger partial charge in [0.05, 0.1) is 11.4 Å². The monoisotopic (exact) mass is 1390 g/mol. The summed E-state index contributed by atoms with van der Waals surface area (Å²) in [6.07, 6.45) is 0. The van der Waals surface area contributed by atoms with Crippen LogP contribution in [0.1, 0.15) is 79.0 Å². The summed E-state index contributed by atoms with van der Waals surface area (Å²) in [4.78, 5) is 5.44. The molecule has 3 heterocycles. The molecular formula is C104H83BN2O. The van der Waals surface area contributed by atoms with Gasteiger partial charge < -0.3 is 14.2 Å². The number of fused-ring (bicyclic) bond motifs is 9. The molecule has 0 N–H and O–H groups in total. The van der Waals surface area contributed by atoms with Gasteiger partial charge in [-0.3, -0.25) is 0 Å². The summed E-state index contributed by atoms with van der Waals surface area (Å²) in [6.45, 7) is 21.0. The SMILES string of the molecule is CC(C)(C)c1cc(-c2ccccc2)c(N2c3ccc(-c4cccc5c4oc4ccccc45)cc3B3c4ccc(-c5ccc6c(-c7ccccc7)c7ccccc7c(-c7ccccc7)c6c5)cc4N(c4c(-c5ccccc5)cc(C(C)(C)C)cc4-c4ccccc4)c4cc(C(C)(C)C)cc2c43)c(-c2ccccc2)c1. The lowest BCUT2D eigenvalue weighted by atomic mass is 9.33. The zero-order valence-corrected chi connectivity index (χ0v) is 62.7. The Morgan fingerprint density at radius 3 is 1.10 bits per heavy atom. The Hall–Kier alpha value is -12.5. The van der Waals surface area contributed by atoms with Crippen molar-refractivity contribution < 1.29 is 4.42 Å². The standard InChI is InChI=1S/C104H83BN2O/c1-102(2,3)75-60-84(66-33-16-10-17-34-66)99(85(61-75)67-35-18-11-19-36-67)106-91-56-53-74(78-48-32-49-83-79-45-30-31-50-95(79)108-101(78)83)58-90(91)105-89-55-52-73(72-51-54-82-88(57-72)97(71-43-26-15-27-44-71)81-47-29-28-46-80(81)96(82)70-41-24-14-25-42-70)59-92(89)107(94-65-77(104(7,8)9)64-93(106)98(94)105)100-86(68-37-20-12-21-38-68)62-76(103(4,5)6)63-87(100)69-39-22-13-23-40-69/h10-65H,1-9H3. The molecule has 0 saturated heterocycles. The Morgan fingerprint density at radius 1 is 0.241 bits per heavy atom. The van der Waals surface area contributed by atoms with Crippen LogP contribution in [0.15, 0.2) is 344 Å². The van der Waals surface area contributed by atoms with E-state index >= 15 is 0 Å². The van der Waals surface area contributed by atoms with Gasteiger partial charge in [0.2, 0.25) is 0 Å². The molecule has 3 nitrogen and oxygen atoms in total. The first-order valence-corrected chi connectivity index (χ1v) is 38.2. The molecule has 4 heteroatoms. The highest BCUT2D eigenvalue weighted by Gasteiger charge is 2.47. The fourth-order valence-corrected chi connectivity index (χ4v) is 17.4. The predicted octanol–water partition coefficient (Wildman–Crippen LogP) is 27.2. The lowest BCUT2D eigenvalue weighted by Gasteiger charge is -2.47. The summed E-state index contributed by atoms with van der Waals surface area (Å²) < 4.78 is 7.02. The second kappa shape index (κ2) is 25.6. The van der Waals surface area contributed by atoms with E-state index in [1.165, 1.54) is 88.0 Å². The minimum absolute atomic E-state index is 0.191. The third-order valence-electron chi connectivity index (χ3n) is 22.9. The van der Waals surface area contributed by atoms with Gasteiger partial charge in [0.25, 0.3) is 6.71 Å². The van der Waals surface area contributed by atoms with Crippen molar-refractivity contribution in [2.24, 2.45) is 0 Å². The molecule has 19 rings (SSSR count). The lowest BCUT2D eigenvalue weighted by Crippen LogP contribution is -2.61. The summed E-state index contributed by atoms with van der Waals surface area (Å²) in [5.41, 5.74) is 33.8. The zero-order chi connectivity index (χ0) is 73.3. The van der Waals surface area contributed by atoms with Crippen molar-refractivity contribution in [2.75, 3.05) is 9.80 Å². The van der Waals surface area contributed by atoms with Crippen LogP contribution in [0.3, 0.4) is 0 Å². The highest BCUT2D eigenvalue weighted by molar-refractivity contribution is 7.00. The number of hydrogen-bond acceptors (Lipinski definition) is 3. The molecular weight excluding hydrogens is 1300 g/mol. The summed E-state index contributed by atoms with van der Waals surface area (Å²) in [5.74, 6) is 0. The fourth-order valence-electron chi connectivity index (χ4n) is 17.4. The van der Waals surface area contributed by atoms with Crippen LogP contribution < -0.4 is 26.2 Å². The minimum Gasteiger partial charge on any atom is -0.455 e. The predicted molar refractivity (Wildman–Crippen MR) is 462 cm³/mol. The van der Waals surface area contributed by atoms with Crippen LogP contribution in [-0.4, -0.2) is 6.71 Å². The van der Waals surface area contributed by atoms with Crippen molar-refractivity contribution in [1.29, 1.82) is 0 Å². The Balaban J connectivity index is 0.979. The van der Waals surface area contributed by atoms with Crippen molar-refractivity contribution in [2.45, 2.75) is 78.6 Å². The van der Waals surface area contributed by atoms with Crippen LogP contribution in [0, 0.1) is 0 Å². The van der Waals surface area contributed by atoms with Gasteiger partial charge in [0.15, 0.2) is 0 Å². The highest BCUT2D eigenvalue weighted by Crippen LogP contribution is 2.56. The molecule has 108 heavy (non-hydrogen) atoms. The third kappa shape index (κ3) is 11.1. The molecule has 0 radical (unpaired) electrons. The minimum atomic E-state index is -0.332.